The number of hydrogen-bond acceptors (Lipinski definition) is 3. The van der Waals surface area contributed by atoms with Gasteiger partial charge < -0.3 is 5.73 Å². The molecule has 0 radical (unpaired) electrons. The molecule has 2 rings (SSSR count). The van der Waals surface area contributed by atoms with Crippen molar-refractivity contribution in [1.82, 2.24) is 9.97 Å². The second kappa shape index (κ2) is 5.75. The Balaban J connectivity index is 2.51. The summed E-state index contributed by atoms with van der Waals surface area (Å²) in [5.41, 5.74) is 9.10. The molecule has 5 heteroatoms. The molecular formula is C14H15BrFN3. The average molecular weight is 324 g/mol. The molecule has 0 aliphatic rings. The highest BCUT2D eigenvalue weighted by Crippen LogP contribution is 2.23. The Kier molecular flexibility index (Phi) is 4.27. The molecule has 0 bridgehead atoms. The first-order valence-corrected chi connectivity index (χ1v) is 6.81. The van der Waals surface area contributed by atoms with Crippen molar-refractivity contribution in [2.24, 2.45) is 5.73 Å². The molecule has 1 aromatic heterocycles. The standard InChI is InChI=1S/C14H15BrFN3/c1-8-13(3-4-17)9(2)19-14(18-8)10-5-11(15)7-12(16)6-10/h5-7H,3-4,17H2,1-2H3. The van der Waals surface area contributed by atoms with E-state index in [1.54, 1.807) is 6.07 Å². The van der Waals surface area contributed by atoms with Crippen molar-refractivity contribution in [2.75, 3.05) is 6.54 Å². The van der Waals surface area contributed by atoms with Gasteiger partial charge in [-0.2, -0.15) is 0 Å². The summed E-state index contributed by atoms with van der Waals surface area (Å²) >= 11 is 3.27. The van der Waals surface area contributed by atoms with Crippen LogP contribution in [-0.2, 0) is 6.42 Å². The number of hydrogen-bond donors (Lipinski definition) is 1. The van der Waals surface area contributed by atoms with Gasteiger partial charge in [-0.25, -0.2) is 14.4 Å². The lowest BCUT2D eigenvalue weighted by molar-refractivity contribution is 0.627. The number of aromatic nitrogens is 2. The fourth-order valence-corrected chi connectivity index (χ4v) is 2.52. The predicted octanol–water partition coefficient (Wildman–Crippen LogP) is 3.16. The van der Waals surface area contributed by atoms with Gasteiger partial charge in [-0.05, 0) is 50.6 Å². The first-order valence-electron chi connectivity index (χ1n) is 6.02. The summed E-state index contributed by atoms with van der Waals surface area (Å²) < 4.78 is 14.1. The molecule has 0 amide bonds. The zero-order chi connectivity index (χ0) is 14.0. The smallest absolute Gasteiger partial charge is 0.159 e. The van der Waals surface area contributed by atoms with Crippen molar-refractivity contribution in [3.8, 4) is 11.4 Å². The summed E-state index contributed by atoms with van der Waals surface area (Å²) in [5.74, 6) is 0.227. The molecule has 1 aromatic carbocycles. The summed E-state index contributed by atoms with van der Waals surface area (Å²) in [6, 6.07) is 4.65. The molecule has 0 spiro atoms. The molecule has 2 aromatic rings. The molecular weight excluding hydrogens is 309 g/mol. The first-order chi connectivity index (χ1) is 9.01. The van der Waals surface area contributed by atoms with Gasteiger partial charge >= 0.3 is 0 Å². The van der Waals surface area contributed by atoms with E-state index >= 15 is 0 Å². The quantitative estimate of drug-likeness (QED) is 0.943. The van der Waals surface area contributed by atoms with Gasteiger partial charge in [-0.15, -0.1) is 0 Å². The van der Waals surface area contributed by atoms with Gasteiger partial charge in [0.05, 0.1) is 0 Å². The SMILES string of the molecule is Cc1nc(-c2cc(F)cc(Br)c2)nc(C)c1CCN. The molecule has 0 unspecified atom stereocenters. The Bertz CT molecular complexity index is 570. The van der Waals surface area contributed by atoms with Gasteiger partial charge in [-0.1, -0.05) is 15.9 Å². The van der Waals surface area contributed by atoms with Crippen LogP contribution in [0.5, 0.6) is 0 Å². The Morgan fingerprint density at radius 3 is 2.32 bits per heavy atom. The van der Waals surface area contributed by atoms with Crippen LogP contribution in [0.25, 0.3) is 11.4 Å². The first kappa shape index (κ1) is 14.1. The van der Waals surface area contributed by atoms with E-state index in [-0.39, 0.29) is 5.82 Å². The summed E-state index contributed by atoms with van der Waals surface area (Å²) in [4.78, 5) is 8.90. The lowest BCUT2D eigenvalue weighted by atomic mass is 10.1. The highest BCUT2D eigenvalue weighted by Gasteiger charge is 2.10. The monoisotopic (exact) mass is 323 g/mol. The minimum Gasteiger partial charge on any atom is -0.330 e. The van der Waals surface area contributed by atoms with Crippen molar-refractivity contribution in [3.63, 3.8) is 0 Å². The van der Waals surface area contributed by atoms with Crippen LogP contribution in [0.15, 0.2) is 22.7 Å². The van der Waals surface area contributed by atoms with Gasteiger partial charge in [0.2, 0.25) is 0 Å². The normalized spacial score (nSPS) is 10.8. The molecule has 0 aliphatic carbocycles. The molecule has 2 N–H and O–H groups in total. The van der Waals surface area contributed by atoms with Crippen molar-refractivity contribution in [1.29, 1.82) is 0 Å². The minimum absolute atomic E-state index is 0.311. The third kappa shape index (κ3) is 3.16. The van der Waals surface area contributed by atoms with Crippen molar-refractivity contribution in [3.05, 3.63) is 45.4 Å². The third-order valence-electron chi connectivity index (χ3n) is 2.94. The summed E-state index contributed by atoms with van der Waals surface area (Å²) in [6.45, 7) is 4.42. The molecule has 3 nitrogen and oxygen atoms in total. The average Bonchev–Trinajstić information content (AvgIpc) is 2.32. The Morgan fingerprint density at radius 2 is 1.79 bits per heavy atom. The van der Waals surface area contributed by atoms with Crippen molar-refractivity contribution < 1.29 is 4.39 Å². The molecule has 0 aliphatic heterocycles. The Hall–Kier alpha value is -1.33. The number of aryl methyl sites for hydroxylation is 2. The summed E-state index contributed by atoms with van der Waals surface area (Å²) in [5, 5.41) is 0. The van der Waals surface area contributed by atoms with Crippen molar-refractivity contribution >= 4 is 15.9 Å². The lowest BCUT2D eigenvalue weighted by Crippen LogP contribution is -2.09. The maximum absolute atomic E-state index is 13.4. The van der Waals surface area contributed by atoms with Crippen LogP contribution in [-0.4, -0.2) is 16.5 Å². The number of benzene rings is 1. The van der Waals surface area contributed by atoms with Crippen molar-refractivity contribution in [2.45, 2.75) is 20.3 Å². The van der Waals surface area contributed by atoms with Gasteiger partial charge in [0.25, 0.3) is 0 Å². The number of nitrogens with zero attached hydrogens (tertiary/aromatic N) is 2. The van der Waals surface area contributed by atoms with E-state index in [2.05, 4.69) is 25.9 Å². The second-order valence-electron chi connectivity index (χ2n) is 4.39. The minimum atomic E-state index is -0.311. The van der Waals surface area contributed by atoms with Gasteiger partial charge in [0.1, 0.15) is 5.82 Å². The van der Waals surface area contributed by atoms with E-state index in [4.69, 9.17) is 5.73 Å². The summed E-state index contributed by atoms with van der Waals surface area (Å²) in [6.07, 6.45) is 0.755. The van der Waals surface area contributed by atoms with Gasteiger partial charge in [0, 0.05) is 21.4 Å². The highest BCUT2D eigenvalue weighted by atomic mass is 79.9. The zero-order valence-corrected chi connectivity index (χ0v) is 12.5. The van der Waals surface area contributed by atoms with Crippen LogP contribution < -0.4 is 5.73 Å². The fraction of sp³-hybridized carbons (Fsp3) is 0.286. The lowest BCUT2D eigenvalue weighted by Gasteiger charge is -2.10. The van der Waals surface area contributed by atoms with Gasteiger partial charge in [-0.3, -0.25) is 0 Å². The molecule has 0 saturated heterocycles. The van der Waals surface area contributed by atoms with Crippen LogP contribution in [0.4, 0.5) is 4.39 Å². The van der Waals surface area contributed by atoms with Crippen LogP contribution in [0.1, 0.15) is 17.0 Å². The van der Waals surface area contributed by atoms with E-state index in [0.29, 0.717) is 22.4 Å². The Labute approximate surface area is 120 Å². The number of halogens is 2. The summed E-state index contributed by atoms with van der Waals surface area (Å²) in [7, 11) is 0. The predicted molar refractivity (Wildman–Crippen MR) is 77.4 cm³/mol. The molecule has 1 heterocycles. The largest absolute Gasteiger partial charge is 0.330 e. The van der Waals surface area contributed by atoms with Gasteiger partial charge in [0.15, 0.2) is 5.82 Å². The maximum Gasteiger partial charge on any atom is 0.159 e. The molecule has 0 atom stereocenters. The Morgan fingerprint density at radius 1 is 1.16 bits per heavy atom. The maximum atomic E-state index is 13.4. The number of nitrogens with two attached hydrogens (primary N) is 1. The molecule has 0 saturated carbocycles. The fourth-order valence-electron chi connectivity index (χ4n) is 2.06. The molecule has 0 fully saturated rings. The highest BCUT2D eigenvalue weighted by molar-refractivity contribution is 9.10. The van der Waals surface area contributed by atoms with Crippen LogP contribution in [0.2, 0.25) is 0 Å². The third-order valence-corrected chi connectivity index (χ3v) is 3.39. The van der Waals surface area contributed by atoms with E-state index in [0.717, 1.165) is 23.4 Å². The second-order valence-corrected chi connectivity index (χ2v) is 5.31. The van der Waals surface area contributed by atoms with Crippen LogP contribution in [0.3, 0.4) is 0 Å². The van der Waals surface area contributed by atoms with E-state index < -0.39 is 0 Å². The molecule has 19 heavy (non-hydrogen) atoms. The van der Waals surface area contributed by atoms with Crippen LogP contribution >= 0.6 is 15.9 Å². The zero-order valence-electron chi connectivity index (χ0n) is 10.9. The molecule has 100 valence electrons. The van der Waals surface area contributed by atoms with E-state index in [9.17, 15) is 4.39 Å². The number of rotatable bonds is 3. The van der Waals surface area contributed by atoms with E-state index in [1.807, 2.05) is 13.8 Å². The van der Waals surface area contributed by atoms with Crippen LogP contribution in [0, 0.1) is 19.7 Å². The topological polar surface area (TPSA) is 51.8 Å². The van der Waals surface area contributed by atoms with E-state index in [1.165, 1.54) is 12.1 Å².